The van der Waals surface area contributed by atoms with Crippen LogP contribution in [0.4, 0.5) is 4.39 Å². The number of nitrogens with zero attached hydrogens (tertiary/aromatic N) is 1. The molecule has 0 amide bonds. The van der Waals surface area contributed by atoms with Crippen molar-refractivity contribution in [1.29, 1.82) is 0 Å². The molecule has 22 heavy (non-hydrogen) atoms. The van der Waals surface area contributed by atoms with Crippen molar-refractivity contribution in [2.75, 3.05) is 0 Å². The zero-order valence-electron chi connectivity index (χ0n) is 11.7. The van der Waals surface area contributed by atoms with E-state index >= 15 is 0 Å². The fourth-order valence-corrected chi connectivity index (χ4v) is 2.84. The highest BCUT2D eigenvalue weighted by atomic mass is 32.1. The molecule has 1 N–H and O–H groups in total. The van der Waals surface area contributed by atoms with Crippen molar-refractivity contribution in [3.63, 3.8) is 0 Å². The molecule has 0 aliphatic rings. The molecule has 3 aromatic rings. The van der Waals surface area contributed by atoms with Crippen molar-refractivity contribution >= 4 is 11.3 Å². The maximum atomic E-state index is 12.9. The Labute approximate surface area is 131 Å². The number of ether oxygens (including phenoxy) is 1. The molecule has 2 aromatic carbocycles. The lowest BCUT2D eigenvalue weighted by molar-refractivity contribution is 0.258. The van der Waals surface area contributed by atoms with Gasteiger partial charge < -0.3 is 9.84 Å². The van der Waals surface area contributed by atoms with E-state index in [1.54, 1.807) is 12.1 Å². The third-order valence-electron chi connectivity index (χ3n) is 3.16. The van der Waals surface area contributed by atoms with Gasteiger partial charge in [0, 0.05) is 16.5 Å². The van der Waals surface area contributed by atoms with E-state index < -0.39 is 0 Å². The smallest absolute Gasteiger partial charge is 0.131 e. The van der Waals surface area contributed by atoms with Crippen molar-refractivity contribution in [2.45, 2.75) is 13.2 Å². The van der Waals surface area contributed by atoms with Gasteiger partial charge in [0.05, 0.1) is 12.3 Å². The molecule has 112 valence electrons. The summed E-state index contributed by atoms with van der Waals surface area (Å²) >= 11 is 1.49. The Bertz CT molecular complexity index is 755. The van der Waals surface area contributed by atoms with Crippen molar-refractivity contribution in [1.82, 2.24) is 4.98 Å². The average Bonchev–Trinajstić information content (AvgIpc) is 3.03. The third kappa shape index (κ3) is 3.32. The lowest BCUT2D eigenvalue weighted by Crippen LogP contribution is -1.98. The fourth-order valence-electron chi connectivity index (χ4n) is 2.03. The number of thiazole rings is 1. The molecule has 0 aliphatic carbocycles. The number of para-hydroxylation sites is 1. The predicted molar refractivity (Wildman–Crippen MR) is 84.2 cm³/mol. The first-order valence-electron chi connectivity index (χ1n) is 6.78. The first-order chi connectivity index (χ1) is 10.8. The summed E-state index contributed by atoms with van der Waals surface area (Å²) in [4.78, 5) is 4.49. The van der Waals surface area contributed by atoms with Gasteiger partial charge >= 0.3 is 0 Å². The monoisotopic (exact) mass is 315 g/mol. The summed E-state index contributed by atoms with van der Waals surface area (Å²) in [5.74, 6) is 0.394. The number of aliphatic hydroxyl groups excluding tert-OH is 1. The maximum Gasteiger partial charge on any atom is 0.131 e. The Kier molecular flexibility index (Phi) is 4.46. The minimum absolute atomic E-state index is 0.0614. The number of hydrogen-bond acceptors (Lipinski definition) is 4. The van der Waals surface area contributed by atoms with E-state index in [1.165, 1.54) is 23.5 Å². The summed E-state index contributed by atoms with van der Waals surface area (Å²) in [6, 6.07) is 13.6. The van der Waals surface area contributed by atoms with Gasteiger partial charge in [0.15, 0.2) is 0 Å². The molecule has 0 atom stereocenters. The van der Waals surface area contributed by atoms with Crippen molar-refractivity contribution < 1.29 is 14.2 Å². The number of halogens is 1. The van der Waals surface area contributed by atoms with Gasteiger partial charge in [-0.2, -0.15) is 0 Å². The minimum atomic E-state index is -0.260. The molecule has 3 rings (SSSR count). The lowest BCUT2D eigenvalue weighted by Gasteiger charge is -2.08. The SMILES string of the molecule is OCc1ccccc1OCc1csc(-c2ccc(F)cc2)n1. The molecule has 1 aromatic heterocycles. The minimum Gasteiger partial charge on any atom is -0.487 e. The van der Waals surface area contributed by atoms with Gasteiger partial charge in [-0.1, -0.05) is 18.2 Å². The topological polar surface area (TPSA) is 42.4 Å². The number of rotatable bonds is 5. The van der Waals surface area contributed by atoms with Gasteiger partial charge in [-0.25, -0.2) is 9.37 Å². The number of aromatic nitrogens is 1. The van der Waals surface area contributed by atoms with Crippen LogP contribution in [0, 0.1) is 5.82 Å². The zero-order chi connectivity index (χ0) is 15.4. The summed E-state index contributed by atoms with van der Waals surface area (Å²) in [5, 5.41) is 12.0. The fraction of sp³-hybridized carbons (Fsp3) is 0.118. The second-order valence-corrected chi connectivity index (χ2v) is 5.56. The van der Waals surface area contributed by atoms with Crippen LogP contribution in [-0.4, -0.2) is 10.1 Å². The molecular weight excluding hydrogens is 301 g/mol. The maximum absolute atomic E-state index is 12.9. The number of benzene rings is 2. The van der Waals surface area contributed by atoms with E-state index in [2.05, 4.69) is 4.98 Å². The predicted octanol–water partition coefficient (Wildman–Crippen LogP) is 4.02. The second-order valence-electron chi connectivity index (χ2n) is 4.71. The van der Waals surface area contributed by atoms with Crippen LogP contribution < -0.4 is 4.74 Å². The molecule has 0 bridgehead atoms. The largest absolute Gasteiger partial charge is 0.487 e. The molecule has 0 unspecified atom stereocenters. The summed E-state index contributed by atoms with van der Waals surface area (Å²) in [6.45, 7) is 0.267. The summed E-state index contributed by atoms with van der Waals surface area (Å²) < 4.78 is 18.6. The van der Waals surface area contributed by atoms with E-state index in [4.69, 9.17) is 4.74 Å². The van der Waals surface area contributed by atoms with Crippen LogP contribution in [0.3, 0.4) is 0 Å². The van der Waals surface area contributed by atoms with Crippen LogP contribution >= 0.6 is 11.3 Å². The molecule has 5 heteroatoms. The first-order valence-corrected chi connectivity index (χ1v) is 7.66. The molecule has 0 radical (unpaired) electrons. The molecule has 0 fully saturated rings. The number of hydrogen-bond donors (Lipinski definition) is 1. The van der Waals surface area contributed by atoms with E-state index in [0.717, 1.165) is 21.8 Å². The molecule has 0 aliphatic heterocycles. The van der Waals surface area contributed by atoms with Gasteiger partial charge in [0.25, 0.3) is 0 Å². The lowest BCUT2D eigenvalue weighted by atomic mass is 10.2. The second kappa shape index (κ2) is 6.68. The van der Waals surface area contributed by atoms with Gasteiger partial charge in [-0.05, 0) is 30.3 Å². The van der Waals surface area contributed by atoms with Crippen molar-refractivity contribution in [2.24, 2.45) is 0 Å². The Morgan fingerprint density at radius 3 is 2.64 bits per heavy atom. The molecular formula is C17H14FNO2S. The van der Waals surface area contributed by atoms with Crippen LogP contribution in [-0.2, 0) is 13.2 Å². The standard InChI is InChI=1S/C17H14FNO2S/c18-14-7-5-12(6-8-14)17-19-15(11-22-17)10-21-16-4-2-1-3-13(16)9-20/h1-8,11,20H,9-10H2. The summed E-state index contributed by atoms with van der Waals surface area (Å²) in [6.07, 6.45) is 0. The van der Waals surface area contributed by atoms with Gasteiger partial charge in [0.2, 0.25) is 0 Å². The average molecular weight is 315 g/mol. The van der Waals surface area contributed by atoms with Crippen LogP contribution in [0.1, 0.15) is 11.3 Å². The Morgan fingerprint density at radius 1 is 1.09 bits per heavy atom. The van der Waals surface area contributed by atoms with Crippen LogP contribution in [0.5, 0.6) is 5.75 Å². The van der Waals surface area contributed by atoms with Gasteiger partial charge in [-0.15, -0.1) is 11.3 Å². The van der Waals surface area contributed by atoms with E-state index in [9.17, 15) is 9.50 Å². The van der Waals surface area contributed by atoms with Gasteiger partial charge in [-0.3, -0.25) is 0 Å². The van der Waals surface area contributed by atoms with E-state index in [1.807, 2.05) is 29.6 Å². The molecule has 0 saturated carbocycles. The normalized spacial score (nSPS) is 10.6. The summed E-state index contributed by atoms with van der Waals surface area (Å²) in [7, 11) is 0. The third-order valence-corrected chi connectivity index (χ3v) is 4.10. The van der Waals surface area contributed by atoms with Gasteiger partial charge in [0.1, 0.15) is 23.2 Å². The van der Waals surface area contributed by atoms with E-state index in [0.29, 0.717) is 12.4 Å². The highest BCUT2D eigenvalue weighted by Crippen LogP contribution is 2.25. The first kappa shape index (κ1) is 14.7. The van der Waals surface area contributed by atoms with Crippen molar-refractivity contribution in [3.8, 4) is 16.3 Å². The van der Waals surface area contributed by atoms with Crippen LogP contribution in [0.2, 0.25) is 0 Å². The Hall–Kier alpha value is -2.24. The zero-order valence-corrected chi connectivity index (χ0v) is 12.5. The molecule has 3 nitrogen and oxygen atoms in total. The quantitative estimate of drug-likeness (QED) is 0.773. The molecule has 0 spiro atoms. The Balaban J connectivity index is 1.71. The van der Waals surface area contributed by atoms with Crippen LogP contribution in [0.15, 0.2) is 53.9 Å². The van der Waals surface area contributed by atoms with Crippen molar-refractivity contribution in [3.05, 3.63) is 71.0 Å². The summed E-state index contributed by atoms with van der Waals surface area (Å²) in [5.41, 5.74) is 2.43. The number of aliphatic hydroxyl groups is 1. The Morgan fingerprint density at radius 2 is 1.86 bits per heavy atom. The molecule has 0 saturated heterocycles. The molecule has 1 heterocycles. The van der Waals surface area contributed by atoms with Crippen LogP contribution in [0.25, 0.3) is 10.6 Å². The highest BCUT2D eigenvalue weighted by Gasteiger charge is 2.07. The van der Waals surface area contributed by atoms with E-state index in [-0.39, 0.29) is 12.4 Å². The highest BCUT2D eigenvalue weighted by molar-refractivity contribution is 7.13.